The van der Waals surface area contributed by atoms with Gasteiger partial charge in [-0.05, 0) is 17.2 Å². The highest BCUT2D eigenvalue weighted by Gasteiger charge is 2.30. The van der Waals surface area contributed by atoms with E-state index in [0.717, 1.165) is 22.4 Å². The number of methoxy groups -OCH3 is 1. The van der Waals surface area contributed by atoms with Gasteiger partial charge in [0.25, 0.3) is 0 Å². The van der Waals surface area contributed by atoms with Crippen molar-refractivity contribution in [3.8, 4) is 5.75 Å². The lowest BCUT2D eigenvalue weighted by molar-refractivity contribution is 0.0795. The van der Waals surface area contributed by atoms with Gasteiger partial charge in [0, 0.05) is 18.7 Å². The third-order valence-electron chi connectivity index (χ3n) is 4.39. The predicted octanol–water partition coefficient (Wildman–Crippen LogP) is 4.14. The van der Waals surface area contributed by atoms with Gasteiger partial charge in [0.05, 0.1) is 7.11 Å². The van der Waals surface area contributed by atoms with E-state index in [9.17, 15) is 5.11 Å². The molecule has 0 radical (unpaired) electrons. The van der Waals surface area contributed by atoms with Crippen molar-refractivity contribution < 1.29 is 9.84 Å². The lowest BCUT2D eigenvalue weighted by atomic mass is 9.86. The van der Waals surface area contributed by atoms with Crippen LogP contribution in [0.5, 0.6) is 5.75 Å². The van der Waals surface area contributed by atoms with Crippen LogP contribution >= 0.6 is 12.4 Å². The van der Waals surface area contributed by atoms with Gasteiger partial charge >= 0.3 is 0 Å². The molecule has 0 saturated carbocycles. The quantitative estimate of drug-likeness (QED) is 0.657. The second-order valence-corrected chi connectivity index (χ2v) is 6.01. The second kappa shape index (κ2) is 9.39. The Morgan fingerprint density at radius 3 is 1.85 bits per heavy atom. The SMILES string of the molecule is COc1ccccc1CNCC(O)(c1ccccc1)c1ccccc1.Cl. The Bertz CT molecular complexity index is 754. The van der Waals surface area contributed by atoms with Crippen LogP contribution in [0.1, 0.15) is 16.7 Å². The van der Waals surface area contributed by atoms with Crippen LogP contribution in [0.2, 0.25) is 0 Å². The average molecular weight is 370 g/mol. The number of nitrogens with one attached hydrogen (secondary N) is 1. The predicted molar refractivity (Wildman–Crippen MR) is 108 cm³/mol. The molecule has 0 saturated heterocycles. The Morgan fingerprint density at radius 2 is 1.31 bits per heavy atom. The van der Waals surface area contributed by atoms with Gasteiger partial charge in [0.1, 0.15) is 11.4 Å². The van der Waals surface area contributed by atoms with Gasteiger partial charge in [-0.2, -0.15) is 0 Å². The molecular weight excluding hydrogens is 346 g/mol. The molecule has 3 rings (SSSR count). The highest BCUT2D eigenvalue weighted by Crippen LogP contribution is 2.29. The van der Waals surface area contributed by atoms with Crippen LogP contribution in [0.4, 0.5) is 0 Å². The number of benzene rings is 3. The molecule has 0 fully saturated rings. The first-order valence-corrected chi connectivity index (χ1v) is 8.40. The van der Waals surface area contributed by atoms with E-state index in [4.69, 9.17) is 4.74 Å². The molecule has 4 heteroatoms. The molecule has 0 aromatic heterocycles. The molecule has 0 aliphatic heterocycles. The van der Waals surface area contributed by atoms with Crippen molar-refractivity contribution in [2.24, 2.45) is 0 Å². The Balaban J connectivity index is 0.00000243. The first-order chi connectivity index (χ1) is 12.2. The number of halogens is 1. The van der Waals surface area contributed by atoms with Gasteiger partial charge in [-0.25, -0.2) is 0 Å². The molecule has 0 unspecified atom stereocenters. The Morgan fingerprint density at radius 1 is 0.808 bits per heavy atom. The van der Waals surface area contributed by atoms with Crippen LogP contribution in [0.3, 0.4) is 0 Å². The summed E-state index contributed by atoms with van der Waals surface area (Å²) < 4.78 is 5.39. The number of hydrogen-bond acceptors (Lipinski definition) is 3. The monoisotopic (exact) mass is 369 g/mol. The lowest BCUT2D eigenvalue weighted by Gasteiger charge is -2.30. The van der Waals surface area contributed by atoms with E-state index < -0.39 is 5.60 Å². The van der Waals surface area contributed by atoms with E-state index >= 15 is 0 Å². The topological polar surface area (TPSA) is 41.5 Å². The zero-order valence-electron chi connectivity index (χ0n) is 14.8. The Hall–Kier alpha value is -2.33. The van der Waals surface area contributed by atoms with Gasteiger partial charge < -0.3 is 15.2 Å². The summed E-state index contributed by atoms with van der Waals surface area (Å²) in [6.45, 7) is 1.02. The summed E-state index contributed by atoms with van der Waals surface area (Å²) in [5, 5.41) is 14.8. The van der Waals surface area contributed by atoms with Crippen LogP contribution < -0.4 is 10.1 Å². The van der Waals surface area contributed by atoms with E-state index in [1.165, 1.54) is 0 Å². The molecule has 3 nitrogen and oxygen atoms in total. The maximum Gasteiger partial charge on any atom is 0.127 e. The molecule has 3 aromatic rings. The summed E-state index contributed by atoms with van der Waals surface area (Å²) in [6, 6.07) is 27.4. The van der Waals surface area contributed by atoms with Crippen molar-refractivity contribution >= 4 is 12.4 Å². The molecule has 0 aliphatic carbocycles. The zero-order chi connectivity index (χ0) is 17.5. The molecule has 0 bridgehead atoms. The lowest BCUT2D eigenvalue weighted by Crippen LogP contribution is -2.39. The first-order valence-electron chi connectivity index (χ1n) is 8.40. The largest absolute Gasteiger partial charge is 0.496 e. The molecule has 3 aromatic carbocycles. The normalized spacial score (nSPS) is 10.8. The van der Waals surface area contributed by atoms with Crippen LogP contribution in [0.15, 0.2) is 84.9 Å². The van der Waals surface area contributed by atoms with Gasteiger partial charge in [-0.1, -0.05) is 78.9 Å². The molecule has 2 N–H and O–H groups in total. The summed E-state index contributed by atoms with van der Waals surface area (Å²) >= 11 is 0. The summed E-state index contributed by atoms with van der Waals surface area (Å²) in [4.78, 5) is 0. The van der Waals surface area contributed by atoms with Crippen molar-refractivity contribution in [2.75, 3.05) is 13.7 Å². The third kappa shape index (κ3) is 4.44. The minimum Gasteiger partial charge on any atom is -0.496 e. The highest BCUT2D eigenvalue weighted by molar-refractivity contribution is 5.85. The minimum absolute atomic E-state index is 0. The maximum absolute atomic E-state index is 11.5. The van der Waals surface area contributed by atoms with E-state index in [-0.39, 0.29) is 12.4 Å². The zero-order valence-corrected chi connectivity index (χ0v) is 15.6. The fraction of sp³-hybridized carbons (Fsp3) is 0.182. The van der Waals surface area contributed by atoms with Crippen molar-refractivity contribution in [1.82, 2.24) is 5.32 Å². The van der Waals surface area contributed by atoms with Crippen molar-refractivity contribution in [3.05, 3.63) is 102 Å². The van der Waals surface area contributed by atoms with E-state index in [1.807, 2.05) is 84.9 Å². The Kier molecular flexibility index (Phi) is 7.22. The van der Waals surface area contributed by atoms with Crippen LogP contribution in [-0.4, -0.2) is 18.8 Å². The van der Waals surface area contributed by atoms with Crippen LogP contribution in [-0.2, 0) is 12.1 Å². The van der Waals surface area contributed by atoms with E-state index in [1.54, 1.807) is 7.11 Å². The highest BCUT2D eigenvalue weighted by atomic mass is 35.5. The molecule has 136 valence electrons. The van der Waals surface area contributed by atoms with Crippen LogP contribution in [0, 0.1) is 0 Å². The average Bonchev–Trinajstić information content (AvgIpc) is 2.69. The molecule has 0 aliphatic rings. The summed E-state index contributed by atoms with van der Waals surface area (Å²) in [7, 11) is 1.67. The van der Waals surface area contributed by atoms with E-state index in [0.29, 0.717) is 13.1 Å². The number of hydrogen-bond donors (Lipinski definition) is 2. The molecule has 26 heavy (non-hydrogen) atoms. The standard InChI is InChI=1S/C22H23NO2.ClH/c1-25-21-15-9-8-10-18(21)16-23-17-22(24,19-11-4-2-5-12-19)20-13-6-3-7-14-20;/h2-15,23-24H,16-17H2,1H3;1H. The van der Waals surface area contributed by atoms with Gasteiger partial charge in [-0.3, -0.25) is 0 Å². The second-order valence-electron chi connectivity index (χ2n) is 6.01. The molecule has 0 heterocycles. The molecule has 0 atom stereocenters. The Labute approximate surface area is 161 Å². The fourth-order valence-corrected chi connectivity index (χ4v) is 3.03. The fourth-order valence-electron chi connectivity index (χ4n) is 3.03. The van der Waals surface area contributed by atoms with Crippen LogP contribution in [0.25, 0.3) is 0 Å². The summed E-state index contributed by atoms with van der Waals surface area (Å²) in [6.07, 6.45) is 0. The summed E-state index contributed by atoms with van der Waals surface area (Å²) in [5.74, 6) is 0.845. The molecular formula is C22H24ClNO2. The number of ether oxygens (including phenoxy) is 1. The minimum atomic E-state index is -1.09. The van der Waals surface area contributed by atoms with Crippen molar-refractivity contribution in [3.63, 3.8) is 0 Å². The maximum atomic E-state index is 11.5. The summed E-state index contributed by atoms with van der Waals surface area (Å²) in [5.41, 5.74) is 1.71. The van der Waals surface area contributed by atoms with Crippen molar-refractivity contribution in [2.45, 2.75) is 12.1 Å². The third-order valence-corrected chi connectivity index (χ3v) is 4.39. The smallest absolute Gasteiger partial charge is 0.127 e. The number of aliphatic hydroxyl groups is 1. The van der Waals surface area contributed by atoms with Crippen molar-refractivity contribution in [1.29, 1.82) is 0 Å². The molecule has 0 amide bonds. The number of rotatable bonds is 7. The molecule has 0 spiro atoms. The van der Waals surface area contributed by atoms with E-state index in [2.05, 4.69) is 5.32 Å². The first kappa shape index (κ1) is 20.0. The van der Waals surface area contributed by atoms with Gasteiger partial charge in [0.2, 0.25) is 0 Å². The number of para-hydroxylation sites is 1. The van der Waals surface area contributed by atoms with Gasteiger partial charge in [-0.15, -0.1) is 12.4 Å². The van der Waals surface area contributed by atoms with Gasteiger partial charge in [0.15, 0.2) is 0 Å².